The maximum Gasteiger partial charge on any atom is 0.257 e. The molecule has 2 rings (SSSR count). The van der Waals surface area contributed by atoms with Crippen LogP contribution in [0, 0.1) is 18.6 Å². The number of carbonyl (C=O) groups excluding carboxylic acids is 1. The quantitative estimate of drug-likeness (QED) is 0.907. The van der Waals surface area contributed by atoms with Gasteiger partial charge >= 0.3 is 0 Å². The molecule has 2 N–H and O–H groups in total. The third-order valence-electron chi connectivity index (χ3n) is 2.68. The number of anilines is 2. The topological polar surface area (TPSA) is 54.0 Å². The van der Waals surface area contributed by atoms with Gasteiger partial charge in [0.15, 0.2) is 0 Å². The number of rotatable bonds is 3. The Morgan fingerprint density at radius 1 is 1.20 bits per heavy atom. The molecule has 0 aliphatic carbocycles. The van der Waals surface area contributed by atoms with Crippen LogP contribution in [0.5, 0.6) is 0 Å². The molecule has 1 amide bonds. The monoisotopic (exact) mass is 277 g/mol. The number of hydrogen-bond acceptors (Lipinski definition) is 3. The summed E-state index contributed by atoms with van der Waals surface area (Å²) in [5.41, 5.74) is 0.350. The fourth-order valence-corrected chi connectivity index (χ4v) is 1.74. The molecule has 2 aromatic rings. The summed E-state index contributed by atoms with van der Waals surface area (Å²) in [5, 5.41) is 4.88. The molecule has 0 aliphatic heterocycles. The smallest absolute Gasteiger partial charge is 0.257 e. The number of aromatic nitrogens is 1. The van der Waals surface area contributed by atoms with E-state index in [4.69, 9.17) is 0 Å². The van der Waals surface area contributed by atoms with E-state index in [1.165, 1.54) is 7.05 Å². The Balaban J connectivity index is 2.26. The molecule has 0 bridgehead atoms. The summed E-state index contributed by atoms with van der Waals surface area (Å²) in [6.45, 7) is 1.77. The number of carbonyl (C=O) groups is 1. The molecule has 104 valence electrons. The van der Waals surface area contributed by atoms with E-state index in [1.807, 2.05) is 0 Å². The van der Waals surface area contributed by atoms with Crippen molar-refractivity contribution in [1.29, 1.82) is 0 Å². The zero-order chi connectivity index (χ0) is 14.7. The van der Waals surface area contributed by atoms with Gasteiger partial charge in [-0.2, -0.15) is 0 Å². The van der Waals surface area contributed by atoms with Crippen LogP contribution in [-0.2, 0) is 0 Å². The van der Waals surface area contributed by atoms with E-state index in [2.05, 4.69) is 15.6 Å². The zero-order valence-electron chi connectivity index (χ0n) is 11.0. The third kappa shape index (κ3) is 2.90. The van der Waals surface area contributed by atoms with E-state index >= 15 is 0 Å². The molecule has 0 saturated heterocycles. The van der Waals surface area contributed by atoms with Crippen LogP contribution < -0.4 is 10.6 Å². The average molecular weight is 277 g/mol. The predicted octanol–water partition coefficient (Wildman–Crippen LogP) is 2.96. The molecule has 1 heterocycles. The molecule has 20 heavy (non-hydrogen) atoms. The highest BCUT2D eigenvalue weighted by atomic mass is 19.1. The Morgan fingerprint density at radius 2 is 1.85 bits per heavy atom. The van der Waals surface area contributed by atoms with E-state index in [0.29, 0.717) is 5.82 Å². The Labute approximate surface area is 114 Å². The molecule has 1 aromatic carbocycles. The molecule has 4 nitrogen and oxygen atoms in total. The summed E-state index contributed by atoms with van der Waals surface area (Å²) >= 11 is 0. The molecule has 1 aromatic heterocycles. The van der Waals surface area contributed by atoms with Crippen LogP contribution in [0.15, 0.2) is 30.3 Å². The number of pyridine rings is 1. The maximum atomic E-state index is 13.6. The van der Waals surface area contributed by atoms with E-state index in [1.54, 1.807) is 25.1 Å². The van der Waals surface area contributed by atoms with Crippen LogP contribution in [0.4, 0.5) is 20.3 Å². The molecular weight excluding hydrogens is 264 g/mol. The van der Waals surface area contributed by atoms with Crippen LogP contribution in [0.2, 0.25) is 0 Å². The maximum absolute atomic E-state index is 13.6. The lowest BCUT2D eigenvalue weighted by atomic mass is 10.1. The summed E-state index contributed by atoms with van der Waals surface area (Å²) in [5.74, 6) is -1.94. The first-order chi connectivity index (χ1) is 9.51. The Kier molecular flexibility index (Phi) is 3.93. The van der Waals surface area contributed by atoms with Crippen molar-refractivity contribution in [1.82, 2.24) is 4.98 Å². The SMILES string of the molecule is CNc1c(F)cc(C(=O)Nc2cccc(C)n2)cc1F. The van der Waals surface area contributed by atoms with E-state index < -0.39 is 17.5 Å². The number of amides is 1. The van der Waals surface area contributed by atoms with Crippen LogP contribution >= 0.6 is 0 Å². The number of aryl methyl sites for hydroxylation is 1. The van der Waals surface area contributed by atoms with Crippen molar-refractivity contribution in [3.63, 3.8) is 0 Å². The summed E-state index contributed by atoms with van der Waals surface area (Å²) in [6, 6.07) is 7.04. The van der Waals surface area contributed by atoms with Gasteiger partial charge in [0, 0.05) is 18.3 Å². The van der Waals surface area contributed by atoms with Gasteiger partial charge in [-0.1, -0.05) is 6.07 Å². The van der Waals surface area contributed by atoms with Gasteiger partial charge in [0.25, 0.3) is 5.91 Å². The minimum absolute atomic E-state index is 0.109. The Morgan fingerprint density at radius 3 is 2.40 bits per heavy atom. The van der Waals surface area contributed by atoms with Gasteiger partial charge in [-0.25, -0.2) is 13.8 Å². The summed E-state index contributed by atoms with van der Waals surface area (Å²) < 4.78 is 27.2. The predicted molar refractivity (Wildman–Crippen MR) is 72.8 cm³/mol. The highest BCUT2D eigenvalue weighted by Crippen LogP contribution is 2.20. The second-order valence-electron chi connectivity index (χ2n) is 4.18. The van der Waals surface area contributed by atoms with Crippen molar-refractivity contribution in [3.8, 4) is 0 Å². The molecule has 0 unspecified atom stereocenters. The molecule has 0 saturated carbocycles. The molecule has 0 spiro atoms. The normalized spacial score (nSPS) is 10.2. The molecule has 0 fully saturated rings. The van der Waals surface area contributed by atoms with Gasteiger partial charge in [-0.05, 0) is 31.2 Å². The number of halogens is 2. The summed E-state index contributed by atoms with van der Waals surface area (Å²) in [4.78, 5) is 16.0. The molecule has 0 aliphatic rings. The van der Waals surface area contributed by atoms with Crippen molar-refractivity contribution < 1.29 is 13.6 Å². The third-order valence-corrected chi connectivity index (χ3v) is 2.68. The number of hydrogen-bond donors (Lipinski definition) is 2. The van der Waals surface area contributed by atoms with E-state index in [9.17, 15) is 13.6 Å². The molecule has 0 atom stereocenters. The number of benzene rings is 1. The van der Waals surface area contributed by atoms with E-state index in [-0.39, 0.29) is 11.3 Å². The van der Waals surface area contributed by atoms with Gasteiger partial charge in [-0.15, -0.1) is 0 Å². The van der Waals surface area contributed by atoms with Gasteiger partial charge in [0.1, 0.15) is 23.1 Å². The standard InChI is InChI=1S/C14H13F2N3O/c1-8-4-3-5-12(18-8)19-14(20)9-6-10(15)13(17-2)11(16)7-9/h3-7,17H,1-2H3,(H,18,19,20). The lowest BCUT2D eigenvalue weighted by Gasteiger charge is -2.08. The zero-order valence-corrected chi connectivity index (χ0v) is 11.0. The number of nitrogens with one attached hydrogen (secondary N) is 2. The lowest BCUT2D eigenvalue weighted by molar-refractivity contribution is 0.102. The average Bonchev–Trinajstić information content (AvgIpc) is 2.38. The van der Waals surface area contributed by atoms with Gasteiger partial charge < -0.3 is 10.6 Å². The van der Waals surface area contributed by atoms with Crippen molar-refractivity contribution in [2.75, 3.05) is 17.7 Å². The van der Waals surface area contributed by atoms with Crippen molar-refractivity contribution in [3.05, 3.63) is 53.2 Å². The van der Waals surface area contributed by atoms with Crippen LogP contribution in [0.3, 0.4) is 0 Å². The highest BCUT2D eigenvalue weighted by molar-refractivity contribution is 6.04. The fraction of sp³-hybridized carbons (Fsp3) is 0.143. The van der Waals surface area contributed by atoms with Gasteiger partial charge in [0.05, 0.1) is 0 Å². The second kappa shape index (κ2) is 5.64. The van der Waals surface area contributed by atoms with Gasteiger partial charge in [-0.3, -0.25) is 4.79 Å². The van der Waals surface area contributed by atoms with Crippen LogP contribution in [-0.4, -0.2) is 17.9 Å². The molecular formula is C14H13F2N3O. The van der Waals surface area contributed by atoms with E-state index in [0.717, 1.165) is 17.8 Å². The van der Waals surface area contributed by atoms with Crippen LogP contribution in [0.25, 0.3) is 0 Å². The highest BCUT2D eigenvalue weighted by Gasteiger charge is 2.14. The molecule has 0 radical (unpaired) electrons. The second-order valence-corrected chi connectivity index (χ2v) is 4.18. The summed E-state index contributed by atoms with van der Waals surface area (Å²) in [7, 11) is 1.40. The fourth-order valence-electron chi connectivity index (χ4n) is 1.74. The minimum Gasteiger partial charge on any atom is -0.383 e. The van der Waals surface area contributed by atoms with Gasteiger partial charge in [0.2, 0.25) is 0 Å². The Bertz CT molecular complexity index is 636. The van der Waals surface area contributed by atoms with Crippen molar-refractivity contribution in [2.24, 2.45) is 0 Å². The first-order valence-electron chi connectivity index (χ1n) is 5.93. The van der Waals surface area contributed by atoms with Crippen molar-refractivity contribution >= 4 is 17.4 Å². The van der Waals surface area contributed by atoms with Crippen LogP contribution in [0.1, 0.15) is 16.1 Å². The lowest BCUT2D eigenvalue weighted by Crippen LogP contribution is -2.14. The van der Waals surface area contributed by atoms with Crippen molar-refractivity contribution in [2.45, 2.75) is 6.92 Å². The minimum atomic E-state index is -0.824. The summed E-state index contributed by atoms with van der Waals surface area (Å²) in [6.07, 6.45) is 0. The first kappa shape index (κ1) is 13.9. The molecule has 6 heteroatoms. The number of nitrogens with zero attached hydrogens (tertiary/aromatic N) is 1. The Hall–Kier alpha value is -2.50. The first-order valence-corrected chi connectivity index (χ1v) is 5.93. The largest absolute Gasteiger partial charge is 0.383 e.